The molecule has 0 N–H and O–H groups in total. The Morgan fingerprint density at radius 2 is 2.00 bits per heavy atom. The van der Waals surface area contributed by atoms with Gasteiger partial charge in [0.2, 0.25) is 0 Å². The van der Waals surface area contributed by atoms with Crippen LogP contribution in [0.3, 0.4) is 0 Å². The zero-order valence-corrected chi connectivity index (χ0v) is 15.1. The van der Waals surface area contributed by atoms with Gasteiger partial charge in [0.05, 0.1) is 18.1 Å². The Kier molecular flexibility index (Phi) is 6.04. The molecular weight excluding hydrogens is 358 g/mol. The van der Waals surface area contributed by atoms with Crippen molar-refractivity contribution in [3.63, 3.8) is 0 Å². The number of hydrogen-bond donors (Lipinski definition) is 0. The van der Waals surface area contributed by atoms with Crippen LogP contribution in [-0.4, -0.2) is 38.1 Å². The summed E-state index contributed by atoms with van der Waals surface area (Å²) >= 11 is 3.39. The molecule has 0 unspecified atom stereocenters. The first-order chi connectivity index (χ1) is 11.0. The van der Waals surface area contributed by atoms with Crippen LogP contribution in [0.5, 0.6) is 11.5 Å². The maximum Gasteiger partial charge on any atom is 0.253 e. The van der Waals surface area contributed by atoms with Crippen molar-refractivity contribution in [3.05, 3.63) is 58.1 Å². The number of aryl methyl sites for hydroxylation is 1. The fourth-order valence-electron chi connectivity index (χ4n) is 2.13. The molecule has 2 rings (SSSR count). The van der Waals surface area contributed by atoms with E-state index in [2.05, 4.69) is 15.9 Å². The number of benzene rings is 2. The van der Waals surface area contributed by atoms with E-state index in [9.17, 15) is 4.79 Å². The van der Waals surface area contributed by atoms with Gasteiger partial charge in [0, 0.05) is 12.6 Å². The Morgan fingerprint density at radius 1 is 1.22 bits per heavy atom. The lowest BCUT2D eigenvalue weighted by atomic mass is 10.2. The summed E-state index contributed by atoms with van der Waals surface area (Å²) in [4.78, 5) is 14.0. The van der Waals surface area contributed by atoms with Crippen LogP contribution in [0.2, 0.25) is 0 Å². The Morgan fingerprint density at radius 3 is 2.65 bits per heavy atom. The van der Waals surface area contributed by atoms with E-state index < -0.39 is 0 Å². The van der Waals surface area contributed by atoms with Crippen molar-refractivity contribution in [1.82, 2.24) is 4.90 Å². The Labute approximate surface area is 145 Å². The number of methoxy groups -OCH3 is 1. The van der Waals surface area contributed by atoms with Crippen LogP contribution < -0.4 is 9.47 Å². The molecule has 2 aromatic rings. The van der Waals surface area contributed by atoms with Crippen molar-refractivity contribution in [2.75, 3.05) is 27.3 Å². The smallest absolute Gasteiger partial charge is 0.253 e. The van der Waals surface area contributed by atoms with Gasteiger partial charge in [0.25, 0.3) is 5.91 Å². The summed E-state index contributed by atoms with van der Waals surface area (Å²) in [6, 6.07) is 13.1. The second-order valence-corrected chi connectivity index (χ2v) is 6.10. The van der Waals surface area contributed by atoms with Crippen LogP contribution in [-0.2, 0) is 0 Å². The largest absolute Gasteiger partial charge is 0.496 e. The minimum atomic E-state index is -0.0544. The first-order valence-corrected chi connectivity index (χ1v) is 8.09. The molecule has 122 valence electrons. The summed E-state index contributed by atoms with van der Waals surface area (Å²) in [7, 11) is 3.36. The van der Waals surface area contributed by atoms with Gasteiger partial charge in [0.15, 0.2) is 0 Å². The van der Waals surface area contributed by atoms with Crippen LogP contribution >= 0.6 is 15.9 Å². The lowest BCUT2D eigenvalue weighted by Crippen LogP contribution is -2.30. The average Bonchev–Trinajstić information content (AvgIpc) is 2.54. The van der Waals surface area contributed by atoms with E-state index in [0.29, 0.717) is 24.5 Å². The van der Waals surface area contributed by atoms with E-state index in [0.717, 1.165) is 15.8 Å². The Hall–Kier alpha value is -2.01. The molecule has 4 nitrogen and oxygen atoms in total. The molecule has 2 aromatic carbocycles. The molecule has 0 bridgehead atoms. The fourth-order valence-corrected chi connectivity index (χ4v) is 2.67. The van der Waals surface area contributed by atoms with Gasteiger partial charge in [-0.2, -0.15) is 0 Å². The molecule has 0 saturated carbocycles. The Balaban J connectivity index is 1.91. The van der Waals surface area contributed by atoms with Gasteiger partial charge in [-0.1, -0.05) is 12.1 Å². The molecule has 0 fully saturated rings. The third-order valence-corrected chi connectivity index (χ3v) is 4.05. The molecule has 0 aliphatic rings. The predicted octanol–water partition coefficient (Wildman–Crippen LogP) is 3.92. The van der Waals surface area contributed by atoms with E-state index in [1.807, 2.05) is 31.2 Å². The molecule has 0 radical (unpaired) electrons. The van der Waals surface area contributed by atoms with Gasteiger partial charge in [-0.15, -0.1) is 0 Å². The highest BCUT2D eigenvalue weighted by Crippen LogP contribution is 2.25. The highest BCUT2D eigenvalue weighted by molar-refractivity contribution is 9.10. The number of hydrogen-bond acceptors (Lipinski definition) is 3. The monoisotopic (exact) mass is 377 g/mol. The standard InChI is InChI=1S/C18H20BrNO3/c1-13-5-4-6-15(11-13)23-10-9-20(2)18(21)14-7-8-17(22-3)16(19)12-14/h4-8,11-12H,9-10H2,1-3H3. The van der Waals surface area contributed by atoms with Gasteiger partial charge in [-0.3, -0.25) is 4.79 Å². The molecule has 0 heterocycles. The second-order valence-electron chi connectivity index (χ2n) is 5.24. The number of ether oxygens (including phenoxy) is 2. The molecular formula is C18H20BrNO3. The molecule has 0 aliphatic heterocycles. The fraction of sp³-hybridized carbons (Fsp3) is 0.278. The van der Waals surface area contributed by atoms with Crippen LogP contribution in [0.1, 0.15) is 15.9 Å². The second kappa shape index (κ2) is 8.02. The summed E-state index contributed by atoms with van der Waals surface area (Å²) in [5, 5.41) is 0. The third kappa shape index (κ3) is 4.73. The van der Waals surface area contributed by atoms with E-state index in [1.54, 1.807) is 37.3 Å². The maximum atomic E-state index is 12.4. The first-order valence-electron chi connectivity index (χ1n) is 7.29. The summed E-state index contributed by atoms with van der Waals surface area (Å²) in [6.07, 6.45) is 0. The zero-order valence-electron chi connectivity index (χ0n) is 13.5. The van der Waals surface area contributed by atoms with Crippen molar-refractivity contribution < 1.29 is 14.3 Å². The molecule has 1 amide bonds. The Bertz CT molecular complexity index is 688. The van der Waals surface area contributed by atoms with Crippen molar-refractivity contribution in [2.45, 2.75) is 6.92 Å². The quantitative estimate of drug-likeness (QED) is 0.765. The summed E-state index contributed by atoms with van der Waals surface area (Å²) in [5.74, 6) is 1.46. The lowest BCUT2D eigenvalue weighted by Gasteiger charge is -2.18. The lowest BCUT2D eigenvalue weighted by molar-refractivity contribution is 0.0773. The van der Waals surface area contributed by atoms with Gasteiger partial charge in [-0.05, 0) is 58.7 Å². The highest BCUT2D eigenvalue weighted by atomic mass is 79.9. The number of nitrogens with zero attached hydrogens (tertiary/aromatic N) is 1. The topological polar surface area (TPSA) is 38.8 Å². The van der Waals surface area contributed by atoms with E-state index in [4.69, 9.17) is 9.47 Å². The predicted molar refractivity (Wildman–Crippen MR) is 94.3 cm³/mol. The summed E-state index contributed by atoms with van der Waals surface area (Å²) in [6.45, 7) is 2.98. The highest BCUT2D eigenvalue weighted by Gasteiger charge is 2.13. The number of rotatable bonds is 6. The molecule has 0 spiro atoms. The number of amides is 1. The number of likely N-dealkylation sites (N-methyl/N-ethyl adjacent to an activating group) is 1. The van der Waals surface area contributed by atoms with Crippen LogP contribution in [0.25, 0.3) is 0 Å². The summed E-state index contributed by atoms with van der Waals surface area (Å²) in [5.41, 5.74) is 1.76. The first kappa shape index (κ1) is 17.3. The van der Waals surface area contributed by atoms with E-state index in [1.165, 1.54) is 0 Å². The molecule has 0 aromatic heterocycles. The average molecular weight is 378 g/mol. The van der Waals surface area contributed by atoms with Crippen molar-refractivity contribution in [2.24, 2.45) is 0 Å². The van der Waals surface area contributed by atoms with Gasteiger partial charge in [-0.25, -0.2) is 0 Å². The number of carbonyl (C=O) groups excluding carboxylic acids is 1. The van der Waals surface area contributed by atoms with Crippen molar-refractivity contribution >= 4 is 21.8 Å². The molecule has 0 aliphatic carbocycles. The SMILES string of the molecule is COc1ccc(C(=O)N(C)CCOc2cccc(C)c2)cc1Br. The molecule has 0 saturated heterocycles. The number of halogens is 1. The van der Waals surface area contributed by atoms with E-state index in [-0.39, 0.29) is 5.91 Å². The minimum Gasteiger partial charge on any atom is -0.496 e. The third-order valence-electron chi connectivity index (χ3n) is 3.43. The molecule has 0 atom stereocenters. The van der Waals surface area contributed by atoms with E-state index >= 15 is 0 Å². The van der Waals surface area contributed by atoms with Crippen LogP contribution in [0.15, 0.2) is 46.9 Å². The summed E-state index contributed by atoms with van der Waals surface area (Å²) < 4.78 is 11.6. The van der Waals surface area contributed by atoms with Gasteiger partial charge >= 0.3 is 0 Å². The van der Waals surface area contributed by atoms with Crippen LogP contribution in [0, 0.1) is 6.92 Å². The van der Waals surface area contributed by atoms with Crippen LogP contribution in [0.4, 0.5) is 0 Å². The number of carbonyl (C=O) groups is 1. The normalized spacial score (nSPS) is 10.3. The molecule has 23 heavy (non-hydrogen) atoms. The minimum absolute atomic E-state index is 0.0544. The van der Waals surface area contributed by atoms with Gasteiger partial charge in [0.1, 0.15) is 18.1 Å². The van der Waals surface area contributed by atoms with Crippen molar-refractivity contribution in [1.29, 1.82) is 0 Å². The molecule has 5 heteroatoms. The van der Waals surface area contributed by atoms with Crippen molar-refractivity contribution in [3.8, 4) is 11.5 Å². The zero-order chi connectivity index (χ0) is 16.8. The maximum absolute atomic E-state index is 12.4. The van der Waals surface area contributed by atoms with Gasteiger partial charge < -0.3 is 14.4 Å².